The Hall–Kier alpha value is -2.79. The molecule has 0 saturated heterocycles. The summed E-state index contributed by atoms with van der Waals surface area (Å²) < 4.78 is 7.30. The Bertz CT molecular complexity index is 913. The van der Waals surface area contributed by atoms with Crippen LogP contribution in [0.4, 0.5) is 0 Å². The fourth-order valence-electron chi connectivity index (χ4n) is 2.95. The maximum Gasteiger partial charge on any atom is 0.157 e. The van der Waals surface area contributed by atoms with Gasteiger partial charge in [-0.05, 0) is 37.5 Å². The number of hydrogen-bond donors (Lipinski definition) is 0. The molecule has 5 nitrogen and oxygen atoms in total. The highest BCUT2D eigenvalue weighted by Crippen LogP contribution is 2.21. The zero-order valence-electron chi connectivity index (χ0n) is 14.2. The lowest BCUT2D eigenvalue weighted by Gasteiger charge is -2.06. The summed E-state index contributed by atoms with van der Waals surface area (Å²) in [4.78, 5) is 9.13. The lowest BCUT2D eigenvalue weighted by atomic mass is 10.1. The van der Waals surface area contributed by atoms with Gasteiger partial charge in [0.1, 0.15) is 0 Å². The summed E-state index contributed by atoms with van der Waals surface area (Å²) in [5.74, 6) is 1.53. The molecule has 0 radical (unpaired) electrons. The van der Waals surface area contributed by atoms with Crippen LogP contribution in [0.25, 0.3) is 22.6 Å². The van der Waals surface area contributed by atoms with Crippen molar-refractivity contribution in [2.45, 2.75) is 19.8 Å². The minimum absolute atomic E-state index is 0.721. The van der Waals surface area contributed by atoms with Crippen LogP contribution < -0.4 is 0 Å². The average molecular weight is 332 g/mol. The number of ether oxygens (including phenoxy) is 1. The molecule has 0 unspecified atom stereocenters. The van der Waals surface area contributed by atoms with Gasteiger partial charge in [-0.2, -0.15) is 5.10 Å². The third kappa shape index (κ3) is 3.51. The van der Waals surface area contributed by atoms with E-state index in [9.17, 15) is 0 Å². The van der Waals surface area contributed by atoms with Crippen molar-refractivity contribution in [3.05, 3.63) is 66.3 Å². The molecule has 5 heteroatoms. The molecule has 1 aliphatic rings. The highest BCUT2D eigenvalue weighted by atomic mass is 16.5. The highest BCUT2D eigenvalue weighted by molar-refractivity contribution is 5.61. The van der Waals surface area contributed by atoms with E-state index in [2.05, 4.69) is 41.3 Å². The van der Waals surface area contributed by atoms with Gasteiger partial charge in [0.25, 0.3) is 0 Å². The quantitative estimate of drug-likeness (QED) is 0.731. The second kappa shape index (κ2) is 6.99. The summed E-state index contributed by atoms with van der Waals surface area (Å²) in [6.45, 7) is 3.57. The fourth-order valence-corrected chi connectivity index (χ4v) is 2.95. The van der Waals surface area contributed by atoms with Gasteiger partial charge >= 0.3 is 0 Å². The second-order valence-electron chi connectivity index (χ2n) is 6.13. The van der Waals surface area contributed by atoms with Crippen LogP contribution in [0.3, 0.4) is 0 Å². The Morgan fingerprint density at radius 1 is 1.12 bits per heavy atom. The summed E-state index contributed by atoms with van der Waals surface area (Å²) in [5, 5.41) is 4.68. The van der Waals surface area contributed by atoms with E-state index in [1.165, 1.54) is 5.56 Å². The van der Waals surface area contributed by atoms with Gasteiger partial charge < -0.3 is 4.74 Å². The lowest BCUT2D eigenvalue weighted by molar-refractivity contribution is 0.148. The topological polar surface area (TPSA) is 52.8 Å². The number of nitrogens with zero attached hydrogens (tertiary/aromatic N) is 4. The molecule has 3 aromatic rings. The molecule has 25 heavy (non-hydrogen) atoms. The molecule has 1 aromatic carbocycles. The molecule has 0 amide bonds. The van der Waals surface area contributed by atoms with E-state index in [-0.39, 0.29) is 0 Å². The Kier molecular flexibility index (Phi) is 4.39. The Morgan fingerprint density at radius 3 is 3.00 bits per heavy atom. The molecule has 4 rings (SSSR count). The number of benzene rings is 1. The average Bonchev–Trinajstić information content (AvgIpc) is 2.98. The molecule has 0 saturated carbocycles. The largest absolute Gasteiger partial charge is 0.381 e. The normalized spacial score (nSPS) is 14.8. The van der Waals surface area contributed by atoms with Gasteiger partial charge in [0.05, 0.1) is 18.9 Å². The van der Waals surface area contributed by atoms with Crippen LogP contribution in [0.2, 0.25) is 0 Å². The van der Waals surface area contributed by atoms with Crippen molar-refractivity contribution in [1.29, 1.82) is 0 Å². The summed E-state index contributed by atoms with van der Waals surface area (Å²) >= 11 is 0. The summed E-state index contributed by atoms with van der Waals surface area (Å²) in [6, 6.07) is 12.2. The van der Waals surface area contributed by atoms with Gasteiger partial charge in [-0.1, -0.05) is 29.8 Å². The third-order valence-electron chi connectivity index (χ3n) is 4.23. The van der Waals surface area contributed by atoms with Crippen molar-refractivity contribution >= 4 is 5.57 Å². The van der Waals surface area contributed by atoms with Gasteiger partial charge in [0, 0.05) is 24.0 Å². The molecule has 0 atom stereocenters. The number of hydrogen-bond acceptors (Lipinski definition) is 4. The van der Waals surface area contributed by atoms with Crippen LogP contribution in [0.15, 0.2) is 54.9 Å². The van der Waals surface area contributed by atoms with E-state index in [1.54, 1.807) is 10.9 Å². The Labute approximate surface area is 147 Å². The fraction of sp³-hybridized carbons (Fsp3) is 0.250. The molecule has 126 valence electrons. The van der Waals surface area contributed by atoms with Crippen molar-refractivity contribution in [1.82, 2.24) is 19.7 Å². The van der Waals surface area contributed by atoms with E-state index in [0.29, 0.717) is 0 Å². The van der Waals surface area contributed by atoms with Crippen molar-refractivity contribution in [3.63, 3.8) is 0 Å². The summed E-state index contributed by atoms with van der Waals surface area (Å²) in [7, 11) is 0. The van der Waals surface area contributed by atoms with Crippen molar-refractivity contribution in [2.75, 3.05) is 13.2 Å². The Balaban J connectivity index is 1.64. The highest BCUT2D eigenvalue weighted by Gasteiger charge is 2.11. The molecule has 0 aliphatic carbocycles. The van der Waals surface area contributed by atoms with Gasteiger partial charge in [-0.25, -0.2) is 14.6 Å². The summed E-state index contributed by atoms with van der Waals surface area (Å²) in [5.41, 5.74) is 4.41. The smallest absolute Gasteiger partial charge is 0.157 e. The first-order valence-corrected chi connectivity index (χ1v) is 8.53. The van der Waals surface area contributed by atoms with Gasteiger partial charge in [0.2, 0.25) is 0 Å². The van der Waals surface area contributed by atoms with E-state index >= 15 is 0 Å². The maximum atomic E-state index is 5.50. The summed E-state index contributed by atoms with van der Waals surface area (Å²) in [6.07, 6.45) is 7.65. The second-order valence-corrected chi connectivity index (χ2v) is 6.13. The van der Waals surface area contributed by atoms with Crippen LogP contribution in [0, 0.1) is 6.92 Å². The molecule has 3 heterocycles. The number of aromatic nitrogens is 4. The standard InChI is InChI=1S/C20H20N4O/c1-15-4-2-5-17(14-15)18-8-11-24(23-18)19-7-10-21-20(22-19)16-6-3-12-25-13-9-16/h2,4-8,10-11,14H,3,9,12-13H2,1H3. The van der Waals surface area contributed by atoms with E-state index in [0.717, 1.165) is 54.5 Å². The molecule has 0 bridgehead atoms. The zero-order chi connectivity index (χ0) is 17.1. The van der Waals surface area contributed by atoms with Crippen molar-refractivity contribution < 1.29 is 4.74 Å². The predicted octanol–water partition coefficient (Wildman–Crippen LogP) is 3.83. The minimum Gasteiger partial charge on any atom is -0.381 e. The first-order chi connectivity index (χ1) is 12.3. The van der Waals surface area contributed by atoms with Crippen molar-refractivity contribution in [3.8, 4) is 17.1 Å². The molecule has 0 N–H and O–H groups in total. The first-order valence-electron chi connectivity index (χ1n) is 8.53. The van der Waals surface area contributed by atoms with Crippen LogP contribution in [0.5, 0.6) is 0 Å². The molecule has 1 aliphatic heterocycles. The monoisotopic (exact) mass is 332 g/mol. The molecular formula is C20H20N4O. The minimum atomic E-state index is 0.721. The van der Waals surface area contributed by atoms with Crippen molar-refractivity contribution in [2.24, 2.45) is 0 Å². The molecular weight excluding hydrogens is 312 g/mol. The lowest BCUT2D eigenvalue weighted by Crippen LogP contribution is -2.03. The SMILES string of the molecule is Cc1cccc(-c2ccn(-c3ccnc(C4=CCCOCC4)n3)n2)c1. The molecule has 0 fully saturated rings. The van der Waals surface area contributed by atoms with E-state index in [1.807, 2.05) is 24.4 Å². The molecule has 2 aromatic heterocycles. The van der Waals surface area contributed by atoms with Gasteiger partial charge in [-0.15, -0.1) is 0 Å². The van der Waals surface area contributed by atoms with Gasteiger partial charge in [-0.3, -0.25) is 0 Å². The third-order valence-corrected chi connectivity index (χ3v) is 4.23. The number of rotatable bonds is 3. The van der Waals surface area contributed by atoms with Crippen LogP contribution in [-0.2, 0) is 4.74 Å². The van der Waals surface area contributed by atoms with E-state index < -0.39 is 0 Å². The van der Waals surface area contributed by atoms with E-state index in [4.69, 9.17) is 9.72 Å². The maximum absolute atomic E-state index is 5.50. The number of aryl methyl sites for hydroxylation is 1. The predicted molar refractivity (Wildman–Crippen MR) is 97.4 cm³/mol. The Morgan fingerprint density at radius 2 is 2.08 bits per heavy atom. The van der Waals surface area contributed by atoms with Crippen LogP contribution in [-0.4, -0.2) is 33.0 Å². The van der Waals surface area contributed by atoms with Gasteiger partial charge in [0.15, 0.2) is 11.6 Å². The van der Waals surface area contributed by atoms with Crippen LogP contribution in [0.1, 0.15) is 24.2 Å². The molecule has 0 spiro atoms. The zero-order valence-corrected chi connectivity index (χ0v) is 14.2. The first kappa shape index (κ1) is 15.7. The van der Waals surface area contributed by atoms with Crippen LogP contribution >= 0.6 is 0 Å².